The summed E-state index contributed by atoms with van der Waals surface area (Å²) in [7, 11) is 0. The molecule has 0 saturated carbocycles. The number of carboxylic acids is 1. The molecule has 0 aliphatic rings. The van der Waals surface area contributed by atoms with Gasteiger partial charge in [0.25, 0.3) is 0 Å². The molecular weight excluding hydrogens is 220 g/mol. The third kappa shape index (κ3) is 2.77. The van der Waals surface area contributed by atoms with Gasteiger partial charge in [-0.1, -0.05) is 26.8 Å². The first-order valence-electron chi connectivity index (χ1n) is 5.39. The van der Waals surface area contributed by atoms with Gasteiger partial charge in [-0.3, -0.25) is 0 Å². The van der Waals surface area contributed by atoms with Gasteiger partial charge in [0.15, 0.2) is 6.10 Å². The number of rotatable bonds is 2. The minimum absolute atomic E-state index is 0.0124. The van der Waals surface area contributed by atoms with Crippen molar-refractivity contribution in [2.24, 2.45) is 0 Å². The zero-order chi connectivity index (χ0) is 13.4. The number of aryl methyl sites for hydroxylation is 1. The standard InChI is InChI=1S/C13H18O4/c1-7-5-9(13(2,3)4)10(14)6-8(7)11(15)12(16)17/h5-6,11,14-15H,1-4H3,(H,16,17). The van der Waals surface area contributed by atoms with Crippen LogP contribution in [-0.2, 0) is 10.2 Å². The first kappa shape index (κ1) is 13.5. The van der Waals surface area contributed by atoms with Crippen molar-refractivity contribution in [1.29, 1.82) is 0 Å². The zero-order valence-electron chi connectivity index (χ0n) is 10.5. The van der Waals surface area contributed by atoms with E-state index in [4.69, 9.17) is 5.11 Å². The molecule has 4 nitrogen and oxygen atoms in total. The third-order valence-electron chi connectivity index (χ3n) is 2.72. The molecule has 0 bridgehead atoms. The van der Waals surface area contributed by atoms with E-state index in [1.807, 2.05) is 20.8 Å². The molecule has 0 aromatic heterocycles. The first-order valence-corrected chi connectivity index (χ1v) is 5.39. The van der Waals surface area contributed by atoms with Crippen molar-refractivity contribution in [2.45, 2.75) is 39.2 Å². The molecule has 1 atom stereocenters. The number of aliphatic carboxylic acids is 1. The van der Waals surface area contributed by atoms with Gasteiger partial charge in [0.1, 0.15) is 5.75 Å². The van der Waals surface area contributed by atoms with Crippen molar-refractivity contribution >= 4 is 5.97 Å². The number of hydrogen-bond donors (Lipinski definition) is 3. The summed E-state index contributed by atoms with van der Waals surface area (Å²) in [6, 6.07) is 3.05. The van der Waals surface area contributed by atoms with Crippen LogP contribution in [0.2, 0.25) is 0 Å². The fourth-order valence-electron chi connectivity index (χ4n) is 1.74. The maximum atomic E-state index is 10.7. The van der Waals surface area contributed by atoms with Gasteiger partial charge < -0.3 is 15.3 Å². The van der Waals surface area contributed by atoms with Crippen LogP contribution in [0.15, 0.2) is 12.1 Å². The Hall–Kier alpha value is -1.55. The summed E-state index contributed by atoms with van der Waals surface area (Å²) in [6.07, 6.45) is -1.60. The molecule has 1 aromatic carbocycles. The predicted molar refractivity (Wildman–Crippen MR) is 64.1 cm³/mol. The van der Waals surface area contributed by atoms with Gasteiger partial charge in [-0.2, -0.15) is 0 Å². The molecule has 1 aromatic rings. The molecule has 1 unspecified atom stereocenters. The van der Waals surface area contributed by atoms with Crippen LogP contribution in [0.1, 0.15) is 43.6 Å². The molecule has 0 radical (unpaired) electrons. The van der Waals surface area contributed by atoms with Crippen LogP contribution in [-0.4, -0.2) is 21.3 Å². The first-order chi connectivity index (χ1) is 7.64. The van der Waals surface area contributed by atoms with Crippen LogP contribution >= 0.6 is 0 Å². The van der Waals surface area contributed by atoms with Gasteiger partial charge >= 0.3 is 5.97 Å². The Bertz CT molecular complexity index is 443. The van der Waals surface area contributed by atoms with Gasteiger partial charge in [-0.15, -0.1) is 0 Å². The van der Waals surface area contributed by atoms with Crippen LogP contribution in [0.5, 0.6) is 5.75 Å². The molecule has 4 heteroatoms. The molecule has 94 valence electrons. The fraction of sp³-hybridized carbons (Fsp3) is 0.462. The Balaban J connectivity index is 3.33. The van der Waals surface area contributed by atoms with Gasteiger partial charge in [-0.25, -0.2) is 4.79 Å². The van der Waals surface area contributed by atoms with Crippen molar-refractivity contribution in [3.05, 3.63) is 28.8 Å². The lowest BCUT2D eigenvalue weighted by Crippen LogP contribution is -2.15. The lowest BCUT2D eigenvalue weighted by molar-refractivity contribution is -0.147. The lowest BCUT2D eigenvalue weighted by Gasteiger charge is -2.22. The van der Waals surface area contributed by atoms with Gasteiger partial charge in [0.2, 0.25) is 0 Å². The Kier molecular flexibility index (Phi) is 3.48. The predicted octanol–water partition coefficient (Wildman–Crippen LogP) is 2.12. The Morgan fingerprint density at radius 1 is 1.29 bits per heavy atom. The van der Waals surface area contributed by atoms with Crippen molar-refractivity contribution < 1.29 is 20.1 Å². The number of phenolic OH excluding ortho intramolecular Hbond substituents is 1. The molecule has 1 rings (SSSR count). The highest BCUT2D eigenvalue weighted by Gasteiger charge is 2.24. The topological polar surface area (TPSA) is 77.8 Å². The highest BCUT2D eigenvalue weighted by Crippen LogP contribution is 2.34. The zero-order valence-corrected chi connectivity index (χ0v) is 10.5. The number of benzene rings is 1. The Morgan fingerprint density at radius 3 is 2.24 bits per heavy atom. The molecule has 0 fully saturated rings. The molecule has 0 aliphatic carbocycles. The van der Waals surface area contributed by atoms with E-state index in [1.54, 1.807) is 13.0 Å². The highest BCUT2D eigenvalue weighted by atomic mass is 16.4. The van der Waals surface area contributed by atoms with Crippen LogP contribution in [0.3, 0.4) is 0 Å². The molecule has 0 heterocycles. The van der Waals surface area contributed by atoms with E-state index < -0.39 is 12.1 Å². The summed E-state index contributed by atoms with van der Waals surface area (Å²) in [5, 5.41) is 28.1. The average Bonchev–Trinajstić information content (AvgIpc) is 2.18. The average molecular weight is 238 g/mol. The molecule has 3 N–H and O–H groups in total. The summed E-state index contributed by atoms with van der Waals surface area (Å²) >= 11 is 0. The molecular formula is C13H18O4. The van der Waals surface area contributed by atoms with E-state index >= 15 is 0 Å². The third-order valence-corrected chi connectivity index (χ3v) is 2.72. The van der Waals surface area contributed by atoms with E-state index in [1.165, 1.54) is 6.07 Å². The number of aliphatic hydroxyl groups excluding tert-OH is 1. The van der Waals surface area contributed by atoms with E-state index in [-0.39, 0.29) is 16.7 Å². The monoisotopic (exact) mass is 238 g/mol. The van der Waals surface area contributed by atoms with Crippen molar-refractivity contribution in [1.82, 2.24) is 0 Å². The van der Waals surface area contributed by atoms with Crippen LogP contribution in [0.4, 0.5) is 0 Å². The Morgan fingerprint density at radius 2 is 1.82 bits per heavy atom. The van der Waals surface area contributed by atoms with Crippen LogP contribution in [0.25, 0.3) is 0 Å². The SMILES string of the molecule is Cc1cc(C(C)(C)C)c(O)cc1C(O)C(=O)O. The summed E-state index contributed by atoms with van der Waals surface area (Å²) in [6.45, 7) is 7.58. The number of phenols is 1. The summed E-state index contributed by atoms with van der Waals surface area (Å²) < 4.78 is 0. The largest absolute Gasteiger partial charge is 0.508 e. The van der Waals surface area contributed by atoms with Crippen LogP contribution < -0.4 is 0 Å². The minimum atomic E-state index is -1.60. The van der Waals surface area contributed by atoms with Crippen molar-refractivity contribution in [3.63, 3.8) is 0 Å². The molecule has 0 saturated heterocycles. The van der Waals surface area contributed by atoms with Crippen molar-refractivity contribution in [3.8, 4) is 5.75 Å². The number of hydrogen-bond acceptors (Lipinski definition) is 3. The maximum absolute atomic E-state index is 10.7. The number of aromatic hydroxyl groups is 1. The van der Waals surface area contributed by atoms with Gasteiger partial charge in [0, 0.05) is 0 Å². The molecule has 17 heavy (non-hydrogen) atoms. The second-order valence-electron chi connectivity index (χ2n) is 5.22. The van der Waals surface area contributed by atoms with Gasteiger partial charge in [-0.05, 0) is 35.1 Å². The highest BCUT2D eigenvalue weighted by molar-refractivity contribution is 5.75. The minimum Gasteiger partial charge on any atom is -0.508 e. The van der Waals surface area contributed by atoms with Gasteiger partial charge in [0.05, 0.1) is 0 Å². The maximum Gasteiger partial charge on any atom is 0.337 e. The van der Waals surface area contributed by atoms with Crippen LogP contribution in [0, 0.1) is 6.92 Å². The molecule has 0 amide bonds. The van der Waals surface area contributed by atoms with E-state index in [2.05, 4.69) is 0 Å². The summed E-state index contributed by atoms with van der Waals surface area (Å²) in [5.74, 6) is -1.31. The van der Waals surface area contributed by atoms with E-state index in [9.17, 15) is 15.0 Å². The lowest BCUT2D eigenvalue weighted by atomic mass is 9.84. The summed E-state index contributed by atoms with van der Waals surface area (Å²) in [4.78, 5) is 10.7. The van der Waals surface area contributed by atoms with E-state index in [0.29, 0.717) is 5.56 Å². The Labute approximate surface area is 101 Å². The second-order valence-corrected chi connectivity index (χ2v) is 5.22. The second kappa shape index (κ2) is 4.37. The summed E-state index contributed by atoms with van der Waals surface area (Å²) in [5.41, 5.74) is 1.38. The number of carbonyl (C=O) groups is 1. The van der Waals surface area contributed by atoms with E-state index in [0.717, 1.165) is 5.56 Å². The number of aliphatic hydroxyl groups is 1. The quantitative estimate of drug-likeness (QED) is 0.737. The molecule has 0 spiro atoms. The molecule has 0 aliphatic heterocycles. The number of carboxylic acid groups (broad SMARTS) is 1. The fourth-order valence-corrected chi connectivity index (χ4v) is 1.74. The van der Waals surface area contributed by atoms with Crippen molar-refractivity contribution in [2.75, 3.05) is 0 Å². The smallest absolute Gasteiger partial charge is 0.337 e. The normalized spacial score (nSPS) is 13.5.